The first kappa shape index (κ1) is 33.8. The molecule has 5 rings (SSSR count). The molecule has 12 nitrogen and oxygen atoms in total. The van der Waals surface area contributed by atoms with Crippen molar-refractivity contribution in [2.75, 3.05) is 33.8 Å². The molecule has 0 bridgehead atoms. The van der Waals surface area contributed by atoms with Gasteiger partial charge in [0, 0.05) is 36.0 Å². The molecule has 0 unspecified atom stereocenters. The van der Waals surface area contributed by atoms with Crippen LogP contribution in [-0.4, -0.2) is 63.3 Å². The molecule has 4 aromatic rings. The quantitative estimate of drug-likeness (QED) is 0.175. The van der Waals surface area contributed by atoms with Gasteiger partial charge in [0.25, 0.3) is 0 Å². The number of anilines is 1. The van der Waals surface area contributed by atoms with Gasteiger partial charge < -0.3 is 39.9 Å². The summed E-state index contributed by atoms with van der Waals surface area (Å²) in [4.78, 5) is 55.3. The summed E-state index contributed by atoms with van der Waals surface area (Å²) in [6.07, 6.45) is 3.08. The van der Waals surface area contributed by atoms with Crippen LogP contribution in [-0.2, 0) is 32.0 Å². The number of amides is 2. The fraction of sp³-hybridized carbons (Fsp3) is 0.333. The molecule has 0 radical (unpaired) electrons. The van der Waals surface area contributed by atoms with Gasteiger partial charge in [-0.3, -0.25) is 14.4 Å². The number of H-pyrrole nitrogens is 1. The average molecular weight is 657 g/mol. The van der Waals surface area contributed by atoms with E-state index in [4.69, 9.17) is 18.9 Å². The van der Waals surface area contributed by atoms with Gasteiger partial charge in [-0.15, -0.1) is 0 Å². The third-order valence-corrected chi connectivity index (χ3v) is 8.58. The number of nitrogens with one attached hydrogen (secondary N) is 4. The highest BCUT2D eigenvalue weighted by Gasteiger charge is 2.30. The van der Waals surface area contributed by atoms with E-state index in [-0.39, 0.29) is 18.0 Å². The zero-order valence-electron chi connectivity index (χ0n) is 27.8. The van der Waals surface area contributed by atoms with Crippen LogP contribution in [0.15, 0.2) is 59.5 Å². The van der Waals surface area contributed by atoms with Crippen LogP contribution in [0.25, 0.3) is 22.0 Å². The number of carbonyl (C=O) groups is 3. The fourth-order valence-electron chi connectivity index (χ4n) is 6.28. The highest BCUT2D eigenvalue weighted by atomic mass is 16.5. The van der Waals surface area contributed by atoms with Crippen LogP contribution in [0.4, 0.5) is 5.69 Å². The first-order valence-electron chi connectivity index (χ1n) is 15.6. The molecule has 0 saturated carbocycles. The molecule has 252 valence electrons. The molecular formula is C36H40N4O8. The first-order valence-corrected chi connectivity index (χ1v) is 15.6. The normalized spacial score (nSPS) is 14.8. The van der Waals surface area contributed by atoms with Crippen LogP contribution < -0.4 is 35.6 Å². The Bertz CT molecular complexity index is 1920. The van der Waals surface area contributed by atoms with Crippen LogP contribution in [0.5, 0.6) is 17.2 Å². The van der Waals surface area contributed by atoms with E-state index in [2.05, 4.69) is 20.9 Å². The molecule has 4 N–H and O–H groups in total. The van der Waals surface area contributed by atoms with Crippen molar-refractivity contribution in [1.29, 1.82) is 0 Å². The number of methoxy groups -OCH3 is 4. The third kappa shape index (κ3) is 6.78. The van der Waals surface area contributed by atoms with Gasteiger partial charge >= 0.3 is 5.97 Å². The van der Waals surface area contributed by atoms with E-state index in [1.165, 1.54) is 34.3 Å². The second-order valence-electron chi connectivity index (χ2n) is 11.6. The van der Waals surface area contributed by atoms with Crippen LogP contribution in [0.1, 0.15) is 43.0 Å². The molecule has 2 amide bonds. The van der Waals surface area contributed by atoms with Gasteiger partial charge in [-0.1, -0.05) is 24.3 Å². The van der Waals surface area contributed by atoms with Crippen molar-refractivity contribution in [2.24, 2.45) is 0 Å². The summed E-state index contributed by atoms with van der Waals surface area (Å²) >= 11 is 0. The smallest absolute Gasteiger partial charge is 0.328 e. The predicted octanol–water partition coefficient (Wildman–Crippen LogP) is 4.05. The van der Waals surface area contributed by atoms with Crippen molar-refractivity contribution in [3.05, 3.63) is 81.6 Å². The lowest BCUT2D eigenvalue weighted by Crippen LogP contribution is -2.48. The Morgan fingerprint density at radius 2 is 1.73 bits per heavy atom. The van der Waals surface area contributed by atoms with Gasteiger partial charge in [-0.2, -0.15) is 0 Å². The topological polar surface area (TPSA) is 157 Å². The molecular weight excluding hydrogens is 616 g/mol. The van der Waals surface area contributed by atoms with E-state index in [0.717, 1.165) is 22.0 Å². The third-order valence-electron chi connectivity index (χ3n) is 8.58. The summed E-state index contributed by atoms with van der Waals surface area (Å²) in [5.74, 6) is -0.0138. The molecule has 1 aliphatic carbocycles. The minimum atomic E-state index is -0.963. The average Bonchev–Trinajstić information content (AvgIpc) is 3.35. The minimum absolute atomic E-state index is 0.152. The van der Waals surface area contributed by atoms with Gasteiger partial charge in [0.05, 0.1) is 40.2 Å². The summed E-state index contributed by atoms with van der Waals surface area (Å²) in [7, 11) is 5.86. The number of benzene rings is 2. The number of para-hydroxylation sites is 1. The molecule has 12 heteroatoms. The Morgan fingerprint density at radius 3 is 2.42 bits per heavy atom. The van der Waals surface area contributed by atoms with Crippen molar-refractivity contribution in [3.8, 4) is 28.4 Å². The number of ether oxygens (including phenoxy) is 4. The van der Waals surface area contributed by atoms with Gasteiger partial charge in [-0.25, -0.2) is 4.79 Å². The lowest BCUT2D eigenvalue weighted by atomic mass is 9.95. The molecule has 1 aromatic heterocycles. The number of fused-ring (bicyclic) bond motifs is 4. The van der Waals surface area contributed by atoms with Crippen molar-refractivity contribution in [3.63, 3.8) is 0 Å². The highest BCUT2D eigenvalue weighted by molar-refractivity contribution is 5.90. The van der Waals surface area contributed by atoms with Crippen LogP contribution in [0.3, 0.4) is 0 Å². The van der Waals surface area contributed by atoms with Gasteiger partial charge in [-0.05, 0) is 66.3 Å². The van der Waals surface area contributed by atoms with E-state index < -0.39 is 35.4 Å². The monoisotopic (exact) mass is 656 g/mol. The summed E-state index contributed by atoms with van der Waals surface area (Å²) in [6, 6.07) is 12.0. The number of hydrogen-bond donors (Lipinski definition) is 4. The van der Waals surface area contributed by atoms with E-state index >= 15 is 0 Å². The molecule has 0 aliphatic heterocycles. The van der Waals surface area contributed by atoms with Crippen LogP contribution in [0, 0.1) is 0 Å². The SMILES string of the molecule is COC(=O)[C@@H](Cc1c[nH]c2ccccc12)NC(=O)[C@@H](C)Nc1ccc2c(cc1=O)[C@H](NC(C)=O)CCc1cc(OC)c(OC)c(OC)c1-2. The Hall–Kier alpha value is -5.52. The molecule has 1 aliphatic rings. The Morgan fingerprint density at radius 1 is 0.979 bits per heavy atom. The van der Waals surface area contributed by atoms with Gasteiger partial charge in [0.1, 0.15) is 12.1 Å². The maximum Gasteiger partial charge on any atom is 0.328 e. The Labute approximate surface area is 278 Å². The van der Waals surface area contributed by atoms with Crippen LogP contribution in [0.2, 0.25) is 0 Å². The van der Waals surface area contributed by atoms with E-state index in [1.54, 1.807) is 32.4 Å². The number of rotatable bonds is 11. The maximum atomic E-state index is 13.7. The second-order valence-corrected chi connectivity index (χ2v) is 11.6. The number of aromatic nitrogens is 1. The molecule has 3 atom stereocenters. The van der Waals surface area contributed by atoms with Crippen molar-refractivity contribution >= 4 is 34.4 Å². The maximum absolute atomic E-state index is 13.7. The molecule has 48 heavy (non-hydrogen) atoms. The molecule has 0 fully saturated rings. The summed E-state index contributed by atoms with van der Waals surface area (Å²) < 4.78 is 22.1. The summed E-state index contributed by atoms with van der Waals surface area (Å²) in [5, 5.41) is 9.72. The van der Waals surface area contributed by atoms with Crippen molar-refractivity contribution < 1.29 is 33.3 Å². The molecule has 1 heterocycles. The molecule has 0 spiro atoms. The van der Waals surface area contributed by atoms with E-state index in [0.29, 0.717) is 46.8 Å². The standard InChI is InChI=1S/C36H40N4O8/c1-19(35(43)40-29(36(44)48-6)15-22-18-37-26-10-8-7-9-23(22)26)38-28-14-12-24-25(17-30(28)42)27(39-20(2)41)13-11-21-16-31(45-3)33(46-4)34(47-5)32(21)24/h7-10,12,14,16-19,27,29,37H,11,13,15H2,1-6H3,(H,38,42)(H,39,41)(H,40,43)/t19-,27-,29-/m1/s1. The zero-order valence-corrected chi connectivity index (χ0v) is 27.8. The fourth-order valence-corrected chi connectivity index (χ4v) is 6.28. The second kappa shape index (κ2) is 14.5. The number of hydrogen-bond acceptors (Lipinski definition) is 9. The van der Waals surface area contributed by atoms with E-state index in [1.807, 2.05) is 30.3 Å². The molecule has 0 saturated heterocycles. The lowest BCUT2D eigenvalue weighted by molar-refractivity contribution is -0.145. The Kier molecular flexibility index (Phi) is 10.2. The lowest BCUT2D eigenvalue weighted by Gasteiger charge is -2.20. The zero-order chi connectivity index (χ0) is 34.5. The highest BCUT2D eigenvalue weighted by Crippen LogP contribution is 2.50. The largest absolute Gasteiger partial charge is 0.493 e. The number of aryl methyl sites for hydroxylation is 1. The number of aromatic amines is 1. The van der Waals surface area contributed by atoms with Crippen LogP contribution >= 0.6 is 0 Å². The Balaban J connectivity index is 1.48. The molecule has 3 aromatic carbocycles. The van der Waals surface area contributed by atoms with Crippen molar-refractivity contribution in [2.45, 2.75) is 51.2 Å². The van der Waals surface area contributed by atoms with Gasteiger partial charge in [0.2, 0.25) is 23.0 Å². The van der Waals surface area contributed by atoms with Crippen molar-refractivity contribution in [1.82, 2.24) is 15.6 Å². The summed E-state index contributed by atoms with van der Waals surface area (Å²) in [6.45, 7) is 3.03. The number of esters is 1. The summed E-state index contributed by atoms with van der Waals surface area (Å²) in [5.41, 5.74) is 4.37. The number of carbonyl (C=O) groups excluding carboxylic acids is 3. The van der Waals surface area contributed by atoms with Gasteiger partial charge in [0.15, 0.2) is 11.5 Å². The minimum Gasteiger partial charge on any atom is -0.493 e. The van der Waals surface area contributed by atoms with E-state index in [9.17, 15) is 19.2 Å². The first-order chi connectivity index (χ1) is 23.1. The predicted molar refractivity (Wildman–Crippen MR) is 182 cm³/mol.